The summed E-state index contributed by atoms with van der Waals surface area (Å²) in [7, 11) is 0. The van der Waals surface area contributed by atoms with Gasteiger partial charge in [-0.05, 0) is 36.4 Å². The third-order valence-corrected chi connectivity index (χ3v) is 3.70. The number of hydrogen-bond donors (Lipinski definition) is 0. The van der Waals surface area contributed by atoms with Crippen LogP contribution >= 0.6 is 23.4 Å². The molecule has 2 rings (SSSR count). The maximum atomic E-state index is 12.8. The van der Waals surface area contributed by atoms with E-state index in [1.165, 1.54) is 12.1 Å². The summed E-state index contributed by atoms with van der Waals surface area (Å²) >= 11 is 6.97. The second kappa shape index (κ2) is 5.89. The second-order valence-corrected chi connectivity index (χ2v) is 5.51. The van der Waals surface area contributed by atoms with Crippen molar-refractivity contribution in [2.75, 3.05) is 0 Å². The van der Waals surface area contributed by atoms with Gasteiger partial charge in [0.15, 0.2) is 6.29 Å². The molecule has 0 heterocycles. The van der Waals surface area contributed by atoms with Crippen LogP contribution in [0.3, 0.4) is 0 Å². The molecule has 0 N–H and O–H groups in total. The van der Waals surface area contributed by atoms with Crippen LogP contribution in [0.25, 0.3) is 0 Å². The first kappa shape index (κ1) is 14.9. The lowest BCUT2D eigenvalue weighted by Gasteiger charge is -2.11. The summed E-state index contributed by atoms with van der Waals surface area (Å²) in [4.78, 5) is 11.8. The molecule has 0 saturated heterocycles. The topological polar surface area (TPSA) is 17.1 Å². The molecule has 0 unspecified atom stereocenters. The van der Waals surface area contributed by atoms with E-state index in [0.717, 1.165) is 22.7 Å². The molecule has 0 amide bonds. The quantitative estimate of drug-likeness (QED) is 0.713. The molecule has 104 valence electrons. The third-order valence-electron chi connectivity index (χ3n) is 2.49. The number of rotatable bonds is 3. The largest absolute Gasteiger partial charge is 0.417 e. The monoisotopic (exact) mass is 316 g/mol. The molecule has 20 heavy (non-hydrogen) atoms. The second-order valence-electron chi connectivity index (χ2n) is 3.92. The lowest BCUT2D eigenvalue weighted by Crippen LogP contribution is -2.08. The van der Waals surface area contributed by atoms with Crippen LogP contribution in [-0.4, -0.2) is 6.29 Å². The minimum absolute atomic E-state index is 0.205. The van der Waals surface area contributed by atoms with Crippen molar-refractivity contribution < 1.29 is 18.0 Å². The number of carbonyl (C=O) groups is 1. The molecule has 0 atom stereocenters. The number of halogens is 4. The highest BCUT2D eigenvalue weighted by Crippen LogP contribution is 2.36. The van der Waals surface area contributed by atoms with E-state index in [1.807, 2.05) is 0 Å². The normalized spacial score (nSPS) is 11.4. The maximum absolute atomic E-state index is 12.8. The predicted octanol–water partition coefficient (Wildman–Crippen LogP) is 5.32. The van der Waals surface area contributed by atoms with Gasteiger partial charge in [0, 0.05) is 20.4 Å². The number of carbonyl (C=O) groups excluding carboxylic acids is 1. The zero-order valence-electron chi connectivity index (χ0n) is 9.95. The SMILES string of the molecule is O=Cc1ccc(Sc2cccc(Cl)c2)cc1C(F)(F)F. The van der Waals surface area contributed by atoms with Crippen molar-refractivity contribution in [1.29, 1.82) is 0 Å². The molecule has 2 aromatic carbocycles. The third kappa shape index (κ3) is 3.55. The van der Waals surface area contributed by atoms with Crippen LogP contribution in [0.15, 0.2) is 52.3 Å². The van der Waals surface area contributed by atoms with Crippen LogP contribution in [0.5, 0.6) is 0 Å². The van der Waals surface area contributed by atoms with Gasteiger partial charge in [-0.25, -0.2) is 0 Å². The zero-order chi connectivity index (χ0) is 14.8. The number of aldehydes is 1. The Balaban J connectivity index is 2.37. The molecule has 2 aromatic rings. The minimum Gasteiger partial charge on any atom is -0.298 e. The van der Waals surface area contributed by atoms with Gasteiger partial charge in [-0.2, -0.15) is 13.2 Å². The van der Waals surface area contributed by atoms with Crippen molar-refractivity contribution in [3.05, 3.63) is 58.6 Å². The van der Waals surface area contributed by atoms with Gasteiger partial charge in [-0.1, -0.05) is 29.4 Å². The Morgan fingerprint density at radius 1 is 1.05 bits per heavy atom. The minimum atomic E-state index is -4.55. The highest BCUT2D eigenvalue weighted by atomic mass is 35.5. The van der Waals surface area contributed by atoms with Crippen molar-refractivity contribution in [2.45, 2.75) is 16.0 Å². The Kier molecular flexibility index (Phi) is 4.40. The maximum Gasteiger partial charge on any atom is 0.417 e. The van der Waals surface area contributed by atoms with Gasteiger partial charge in [0.25, 0.3) is 0 Å². The van der Waals surface area contributed by atoms with E-state index in [4.69, 9.17) is 11.6 Å². The fourth-order valence-corrected chi connectivity index (χ4v) is 2.79. The van der Waals surface area contributed by atoms with Gasteiger partial charge in [-0.3, -0.25) is 4.79 Å². The van der Waals surface area contributed by atoms with Crippen LogP contribution < -0.4 is 0 Å². The average molecular weight is 317 g/mol. The van der Waals surface area contributed by atoms with Crippen LogP contribution in [-0.2, 0) is 6.18 Å². The highest BCUT2D eigenvalue weighted by molar-refractivity contribution is 7.99. The van der Waals surface area contributed by atoms with E-state index in [1.54, 1.807) is 24.3 Å². The Hall–Kier alpha value is -1.46. The van der Waals surface area contributed by atoms with Gasteiger partial charge in [0.1, 0.15) is 0 Å². The predicted molar refractivity (Wildman–Crippen MR) is 72.4 cm³/mol. The van der Waals surface area contributed by atoms with Gasteiger partial charge >= 0.3 is 6.18 Å². The van der Waals surface area contributed by atoms with Crippen molar-refractivity contribution in [3.8, 4) is 0 Å². The summed E-state index contributed by atoms with van der Waals surface area (Å²) in [5, 5.41) is 0.510. The smallest absolute Gasteiger partial charge is 0.298 e. The Labute approximate surface area is 122 Å². The molecule has 6 heteroatoms. The Morgan fingerprint density at radius 3 is 2.35 bits per heavy atom. The van der Waals surface area contributed by atoms with Crippen molar-refractivity contribution in [3.63, 3.8) is 0 Å². The standard InChI is InChI=1S/C14H8ClF3OS/c15-10-2-1-3-11(6-10)20-12-5-4-9(8-19)13(7-12)14(16,17)18/h1-8H. The fourth-order valence-electron chi connectivity index (χ4n) is 1.61. The average Bonchev–Trinajstić information content (AvgIpc) is 2.37. The van der Waals surface area contributed by atoms with Gasteiger partial charge in [0.2, 0.25) is 0 Å². The summed E-state index contributed by atoms with van der Waals surface area (Å²) in [6.07, 6.45) is -4.35. The molecular weight excluding hydrogens is 309 g/mol. The van der Waals surface area contributed by atoms with Crippen LogP contribution in [0.1, 0.15) is 15.9 Å². The molecule has 0 aromatic heterocycles. The summed E-state index contributed by atoms with van der Waals surface area (Å²) < 4.78 is 38.5. The van der Waals surface area contributed by atoms with E-state index >= 15 is 0 Å². The summed E-state index contributed by atoms with van der Waals surface area (Å²) in [5.41, 5.74) is -1.30. The lowest BCUT2D eigenvalue weighted by atomic mass is 10.1. The lowest BCUT2D eigenvalue weighted by molar-refractivity contribution is -0.138. The molecule has 0 aliphatic rings. The molecule has 0 radical (unpaired) electrons. The summed E-state index contributed by atoms with van der Waals surface area (Å²) in [6, 6.07) is 10.4. The van der Waals surface area contributed by atoms with Gasteiger partial charge < -0.3 is 0 Å². The molecule has 1 nitrogen and oxygen atoms in total. The van der Waals surface area contributed by atoms with Crippen LogP contribution in [0.4, 0.5) is 13.2 Å². The highest BCUT2D eigenvalue weighted by Gasteiger charge is 2.33. The first-order valence-electron chi connectivity index (χ1n) is 5.50. The number of benzene rings is 2. The zero-order valence-corrected chi connectivity index (χ0v) is 11.5. The van der Waals surface area contributed by atoms with E-state index in [0.29, 0.717) is 9.92 Å². The first-order valence-corrected chi connectivity index (χ1v) is 6.69. The van der Waals surface area contributed by atoms with E-state index < -0.39 is 11.7 Å². The van der Waals surface area contributed by atoms with E-state index in [9.17, 15) is 18.0 Å². The Morgan fingerprint density at radius 2 is 1.75 bits per heavy atom. The molecule has 0 bridgehead atoms. The summed E-state index contributed by atoms with van der Waals surface area (Å²) in [6.45, 7) is 0. The number of alkyl halides is 3. The molecule has 0 aliphatic carbocycles. The van der Waals surface area contributed by atoms with Gasteiger partial charge in [0.05, 0.1) is 5.56 Å². The molecule has 0 fully saturated rings. The van der Waals surface area contributed by atoms with Crippen molar-refractivity contribution in [1.82, 2.24) is 0 Å². The van der Waals surface area contributed by atoms with Crippen molar-refractivity contribution in [2.24, 2.45) is 0 Å². The van der Waals surface area contributed by atoms with E-state index in [2.05, 4.69) is 0 Å². The van der Waals surface area contributed by atoms with Gasteiger partial charge in [-0.15, -0.1) is 0 Å². The molecule has 0 saturated carbocycles. The van der Waals surface area contributed by atoms with Crippen molar-refractivity contribution >= 4 is 29.6 Å². The molecular formula is C14H8ClF3OS. The fraction of sp³-hybridized carbons (Fsp3) is 0.0714. The first-order chi connectivity index (χ1) is 9.40. The van der Waals surface area contributed by atoms with Crippen LogP contribution in [0, 0.1) is 0 Å². The molecule has 0 spiro atoms. The van der Waals surface area contributed by atoms with E-state index in [-0.39, 0.29) is 11.8 Å². The number of hydrogen-bond acceptors (Lipinski definition) is 2. The van der Waals surface area contributed by atoms with Crippen LogP contribution in [0.2, 0.25) is 5.02 Å². The molecule has 0 aliphatic heterocycles. The summed E-state index contributed by atoms with van der Waals surface area (Å²) in [5.74, 6) is 0. The Bertz CT molecular complexity index is 641.